The van der Waals surface area contributed by atoms with E-state index in [4.69, 9.17) is 23.2 Å². The van der Waals surface area contributed by atoms with Crippen molar-refractivity contribution in [1.29, 1.82) is 0 Å². The second-order valence-electron chi connectivity index (χ2n) is 4.95. The standard InChI is InChI=1S/C14H18Cl2N2O/c1-17-5-2-6-18(8-7-17)14(19)9-11-3-4-12(15)10-13(11)16/h3-4,10H,2,5-9H2,1H3. The topological polar surface area (TPSA) is 23.6 Å². The van der Waals surface area contributed by atoms with Crippen LogP contribution in [-0.4, -0.2) is 48.9 Å². The monoisotopic (exact) mass is 300 g/mol. The largest absolute Gasteiger partial charge is 0.341 e. The minimum atomic E-state index is 0.138. The van der Waals surface area contributed by atoms with Crippen LogP contribution in [0.3, 0.4) is 0 Å². The molecular formula is C14H18Cl2N2O. The molecule has 0 bridgehead atoms. The number of hydrogen-bond donors (Lipinski definition) is 0. The van der Waals surface area contributed by atoms with Gasteiger partial charge in [-0.25, -0.2) is 0 Å². The zero-order valence-corrected chi connectivity index (χ0v) is 12.5. The molecule has 3 nitrogen and oxygen atoms in total. The lowest BCUT2D eigenvalue weighted by atomic mass is 10.1. The van der Waals surface area contributed by atoms with E-state index >= 15 is 0 Å². The van der Waals surface area contributed by atoms with Gasteiger partial charge in [-0.2, -0.15) is 0 Å². The number of carbonyl (C=O) groups excluding carboxylic acids is 1. The molecule has 1 aromatic carbocycles. The van der Waals surface area contributed by atoms with E-state index in [0.717, 1.165) is 38.2 Å². The van der Waals surface area contributed by atoms with Crippen molar-refractivity contribution in [3.05, 3.63) is 33.8 Å². The molecule has 0 saturated carbocycles. The Kier molecular flexibility index (Phi) is 5.08. The smallest absolute Gasteiger partial charge is 0.227 e. The van der Waals surface area contributed by atoms with Crippen LogP contribution in [-0.2, 0) is 11.2 Å². The molecule has 0 spiro atoms. The summed E-state index contributed by atoms with van der Waals surface area (Å²) >= 11 is 12.0. The molecule has 0 N–H and O–H groups in total. The minimum Gasteiger partial charge on any atom is -0.341 e. The second-order valence-corrected chi connectivity index (χ2v) is 5.79. The molecule has 104 valence electrons. The highest BCUT2D eigenvalue weighted by atomic mass is 35.5. The second kappa shape index (κ2) is 6.60. The van der Waals surface area contributed by atoms with Crippen LogP contribution in [0.2, 0.25) is 10.0 Å². The van der Waals surface area contributed by atoms with Gasteiger partial charge in [0.1, 0.15) is 0 Å². The maximum Gasteiger partial charge on any atom is 0.227 e. The van der Waals surface area contributed by atoms with Crippen molar-refractivity contribution in [2.75, 3.05) is 33.2 Å². The van der Waals surface area contributed by atoms with Gasteiger partial charge in [0.15, 0.2) is 0 Å². The zero-order chi connectivity index (χ0) is 13.8. The first-order valence-corrected chi connectivity index (χ1v) is 7.22. The molecule has 1 heterocycles. The van der Waals surface area contributed by atoms with E-state index in [1.807, 2.05) is 11.0 Å². The highest BCUT2D eigenvalue weighted by Gasteiger charge is 2.18. The lowest BCUT2D eigenvalue weighted by Crippen LogP contribution is -2.35. The van der Waals surface area contributed by atoms with Crippen molar-refractivity contribution in [2.24, 2.45) is 0 Å². The van der Waals surface area contributed by atoms with E-state index in [2.05, 4.69) is 11.9 Å². The van der Waals surface area contributed by atoms with Crippen LogP contribution >= 0.6 is 23.2 Å². The molecule has 1 fully saturated rings. The quantitative estimate of drug-likeness (QED) is 0.838. The van der Waals surface area contributed by atoms with Gasteiger partial charge in [-0.15, -0.1) is 0 Å². The van der Waals surface area contributed by atoms with Gasteiger partial charge in [0.25, 0.3) is 0 Å². The fourth-order valence-corrected chi connectivity index (χ4v) is 2.71. The molecule has 0 atom stereocenters. The Hall–Kier alpha value is -0.770. The van der Waals surface area contributed by atoms with Crippen molar-refractivity contribution in [3.63, 3.8) is 0 Å². The molecule has 1 aromatic rings. The third-order valence-corrected chi connectivity index (χ3v) is 4.02. The lowest BCUT2D eigenvalue weighted by molar-refractivity contribution is -0.130. The maximum atomic E-state index is 12.3. The summed E-state index contributed by atoms with van der Waals surface area (Å²) in [5, 5.41) is 1.16. The minimum absolute atomic E-state index is 0.138. The van der Waals surface area contributed by atoms with Crippen LogP contribution in [0.25, 0.3) is 0 Å². The summed E-state index contributed by atoms with van der Waals surface area (Å²) < 4.78 is 0. The van der Waals surface area contributed by atoms with E-state index in [1.54, 1.807) is 12.1 Å². The van der Waals surface area contributed by atoms with E-state index in [9.17, 15) is 4.79 Å². The van der Waals surface area contributed by atoms with Gasteiger partial charge in [-0.3, -0.25) is 4.79 Å². The summed E-state index contributed by atoms with van der Waals surface area (Å²) in [4.78, 5) is 16.5. The maximum absolute atomic E-state index is 12.3. The fourth-order valence-electron chi connectivity index (χ4n) is 2.24. The molecular weight excluding hydrogens is 283 g/mol. The number of amides is 1. The van der Waals surface area contributed by atoms with Crippen LogP contribution in [0.15, 0.2) is 18.2 Å². The van der Waals surface area contributed by atoms with E-state index in [0.29, 0.717) is 16.5 Å². The Bertz CT molecular complexity index is 465. The Labute approximate surface area is 124 Å². The van der Waals surface area contributed by atoms with E-state index in [1.165, 1.54) is 0 Å². The van der Waals surface area contributed by atoms with Crippen LogP contribution < -0.4 is 0 Å². The van der Waals surface area contributed by atoms with Crippen LogP contribution in [0.4, 0.5) is 0 Å². The van der Waals surface area contributed by atoms with Crippen molar-refractivity contribution >= 4 is 29.1 Å². The predicted molar refractivity (Wildman–Crippen MR) is 78.9 cm³/mol. The van der Waals surface area contributed by atoms with Gasteiger partial charge in [0, 0.05) is 29.7 Å². The molecule has 1 amide bonds. The van der Waals surface area contributed by atoms with Gasteiger partial charge in [0.2, 0.25) is 5.91 Å². The molecule has 1 aliphatic rings. The van der Waals surface area contributed by atoms with Gasteiger partial charge in [0.05, 0.1) is 6.42 Å². The van der Waals surface area contributed by atoms with Crippen molar-refractivity contribution in [2.45, 2.75) is 12.8 Å². The number of benzene rings is 1. The van der Waals surface area contributed by atoms with Gasteiger partial charge < -0.3 is 9.80 Å². The first-order valence-electron chi connectivity index (χ1n) is 6.46. The summed E-state index contributed by atoms with van der Waals surface area (Å²) in [6.07, 6.45) is 1.37. The predicted octanol–water partition coefficient (Wildman–Crippen LogP) is 2.70. The van der Waals surface area contributed by atoms with Gasteiger partial charge in [-0.05, 0) is 37.7 Å². The number of carbonyl (C=O) groups is 1. The molecule has 0 radical (unpaired) electrons. The van der Waals surface area contributed by atoms with Crippen molar-refractivity contribution in [3.8, 4) is 0 Å². The number of halogens is 2. The number of likely N-dealkylation sites (N-methyl/N-ethyl adjacent to an activating group) is 1. The summed E-state index contributed by atoms with van der Waals surface area (Å²) in [5.74, 6) is 0.138. The summed E-state index contributed by atoms with van der Waals surface area (Å²) in [6.45, 7) is 3.60. The summed E-state index contributed by atoms with van der Waals surface area (Å²) in [6, 6.07) is 5.28. The molecule has 19 heavy (non-hydrogen) atoms. The first-order chi connectivity index (χ1) is 9.06. The molecule has 2 rings (SSSR count). The third-order valence-electron chi connectivity index (χ3n) is 3.43. The molecule has 0 aliphatic carbocycles. The Morgan fingerprint density at radius 3 is 2.74 bits per heavy atom. The SMILES string of the molecule is CN1CCCN(C(=O)Cc2ccc(Cl)cc2Cl)CC1. The molecule has 0 unspecified atom stereocenters. The van der Waals surface area contributed by atoms with E-state index in [-0.39, 0.29) is 5.91 Å². The highest BCUT2D eigenvalue weighted by molar-refractivity contribution is 6.35. The third kappa shape index (κ3) is 4.10. The van der Waals surface area contributed by atoms with Crippen LogP contribution in [0.1, 0.15) is 12.0 Å². The van der Waals surface area contributed by atoms with Crippen molar-refractivity contribution < 1.29 is 4.79 Å². The summed E-state index contributed by atoms with van der Waals surface area (Å²) in [7, 11) is 2.09. The first kappa shape index (κ1) is 14.6. The van der Waals surface area contributed by atoms with Crippen molar-refractivity contribution in [1.82, 2.24) is 9.80 Å². The Morgan fingerprint density at radius 1 is 1.21 bits per heavy atom. The number of rotatable bonds is 2. The normalized spacial score (nSPS) is 17.3. The average Bonchev–Trinajstić information content (AvgIpc) is 2.57. The fraction of sp³-hybridized carbons (Fsp3) is 0.500. The molecule has 1 saturated heterocycles. The average molecular weight is 301 g/mol. The molecule has 1 aliphatic heterocycles. The van der Waals surface area contributed by atoms with E-state index < -0.39 is 0 Å². The number of nitrogens with zero attached hydrogens (tertiary/aromatic N) is 2. The molecule has 0 aromatic heterocycles. The van der Waals surface area contributed by atoms with Gasteiger partial charge in [-0.1, -0.05) is 29.3 Å². The lowest BCUT2D eigenvalue weighted by Gasteiger charge is -2.20. The Balaban J connectivity index is 2.00. The number of hydrogen-bond acceptors (Lipinski definition) is 2. The zero-order valence-electron chi connectivity index (χ0n) is 11.0. The molecule has 5 heteroatoms. The highest BCUT2D eigenvalue weighted by Crippen LogP contribution is 2.22. The summed E-state index contributed by atoms with van der Waals surface area (Å²) in [5.41, 5.74) is 0.841. The van der Waals surface area contributed by atoms with Crippen LogP contribution in [0, 0.1) is 0 Å². The van der Waals surface area contributed by atoms with Crippen LogP contribution in [0.5, 0.6) is 0 Å². The Morgan fingerprint density at radius 2 is 2.00 bits per heavy atom. The van der Waals surface area contributed by atoms with Gasteiger partial charge >= 0.3 is 0 Å².